The second kappa shape index (κ2) is 6.93. The molecular formula is C19H12ClF3N4O2. The fraction of sp³-hybridized carbons (Fsp3) is 0.105. The number of amides is 1. The molecule has 0 radical (unpaired) electrons. The van der Waals surface area contributed by atoms with Crippen molar-refractivity contribution >= 4 is 28.8 Å². The maximum Gasteiger partial charge on any atom is 0.433 e. The van der Waals surface area contributed by atoms with Crippen LogP contribution in [0.5, 0.6) is 0 Å². The number of furan rings is 1. The van der Waals surface area contributed by atoms with E-state index in [4.69, 9.17) is 16.0 Å². The molecule has 1 aromatic carbocycles. The number of aromatic nitrogens is 3. The molecule has 0 bridgehead atoms. The van der Waals surface area contributed by atoms with E-state index in [9.17, 15) is 18.0 Å². The lowest BCUT2D eigenvalue weighted by atomic mass is 10.2. The van der Waals surface area contributed by atoms with Crippen molar-refractivity contribution in [3.05, 3.63) is 70.7 Å². The van der Waals surface area contributed by atoms with E-state index >= 15 is 0 Å². The molecule has 0 unspecified atom stereocenters. The van der Waals surface area contributed by atoms with Crippen LogP contribution in [-0.4, -0.2) is 20.5 Å². The van der Waals surface area contributed by atoms with E-state index in [0.29, 0.717) is 20.8 Å². The van der Waals surface area contributed by atoms with Crippen molar-refractivity contribution in [2.75, 3.05) is 5.32 Å². The van der Waals surface area contributed by atoms with Gasteiger partial charge in [0.1, 0.15) is 5.69 Å². The highest BCUT2D eigenvalue weighted by molar-refractivity contribution is 6.31. The highest BCUT2D eigenvalue weighted by Gasteiger charge is 2.36. The molecule has 0 spiro atoms. The maximum absolute atomic E-state index is 13.6. The summed E-state index contributed by atoms with van der Waals surface area (Å²) in [6.45, 7) is 1.71. The second-order valence-corrected chi connectivity index (χ2v) is 6.57. The van der Waals surface area contributed by atoms with Crippen LogP contribution < -0.4 is 5.32 Å². The highest BCUT2D eigenvalue weighted by Crippen LogP contribution is 2.32. The van der Waals surface area contributed by atoms with E-state index in [1.54, 1.807) is 25.1 Å². The van der Waals surface area contributed by atoms with Crippen molar-refractivity contribution in [1.29, 1.82) is 0 Å². The van der Waals surface area contributed by atoms with Crippen LogP contribution >= 0.6 is 11.6 Å². The third-order valence-corrected chi connectivity index (χ3v) is 4.65. The van der Waals surface area contributed by atoms with Gasteiger partial charge in [-0.15, -0.1) is 0 Å². The second-order valence-electron chi connectivity index (χ2n) is 6.17. The minimum atomic E-state index is -4.72. The molecule has 29 heavy (non-hydrogen) atoms. The number of nitrogens with zero attached hydrogens (tertiary/aromatic N) is 3. The van der Waals surface area contributed by atoms with Gasteiger partial charge < -0.3 is 9.73 Å². The zero-order valence-corrected chi connectivity index (χ0v) is 15.5. The fourth-order valence-electron chi connectivity index (χ4n) is 2.77. The number of hydrogen-bond acceptors (Lipinski definition) is 4. The van der Waals surface area contributed by atoms with Gasteiger partial charge in [-0.1, -0.05) is 17.7 Å². The molecule has 4 rings (SSSR count). The molecule has 6 nitrogen and oxygen atoms in total. The van der Waals surface area contributed by atoms with Crippen LogP contribution in [0.2, 0.25) is 5.02 Å². The van der Waals surface area contributed by atoms with Gasteiger partial charge in [0.15, 0.2) is 22.8 Å². The predicted molar refractivity (Wildman–Crippen MR) is 99.8 cm³/mol. The van der Waals surface area contributed by atoms with Gasteiger partial charge in [-0.25, -0.2) is 9.50 Å². The number of anilines is 1. The lowest BCUT2D eigenvalue weighted by Gasteiger charge is -2.10. The zero-order valence-electron chi connectivity index (χ0n) is 14.8. The molecule has 0 fully saturated rings. The van der Waals surface area contributed by atoms with Gasteiger partial charge in [0.05, 0.1) is 6.26 Å². The number of alkyl halides is 3. The molecule has 3 heterocycles. The number of carbonyl (C=O) groups excluding carboxylic acids is 1. The summed E-state index contributed by atoms with van der Waals surface area (Å²) in [7, 11) is 0. The summed E-state index contributed by atoms with van der Waals surface area (Å²) >= 11 is 6.03. The number of benzene rings is 1. The Bertz CT molecular complexity index is 1220. The Hall–Kier alpha value is -3.33. The topological polar surface area (TPSA) is 72.4 Å². The third kappa shape index (κ3) is 3.56. The van der Waals surface area contributed by atoms with E-state index in [1.165, 1.54) is 24.5 Å². The number of nitrogens with one attached hydrogen (secondary N) is 1. The van der Waals surface area contributed by atoms with Crippen LogP contribution in [-0.2, 0) is 6.18 Å². The van der Waals surface area contributed by atoms with E-state index in [0.717, 1.165) is 6.07 Å². The van der Waals surface area contributed by atoms with Crippen molar-refractivity contribution in [1.82, 2.24) is 14.6 Å². The van der Waals surface area contributed by atoms with E-state index in [-0.39, 0.29) is 22.8 Å². The maximum atomic E-state index is 13.6. The Morgan fingerprint density at radius 3 is 2.69 bits per heavy atom. The number of hydrogen-bond donors (Lipinski definition) is 1. The van der Waals surface area contributed by atoms with Crippen LogP contribution in [0.3, 0.4) is 0 Å². The molecule has 4 aromatic rings. The van der Waals surface area contributed by atoms with Crippen molar-refractivity contribution < 1.29 is 22.4 Å². The standard InChI is InChI=1S/C19H12ClF3N4O2/c1-10-11(20)4-2-5-12(10)25-18(28)14-9-17-24-13(15-6-3-7-29-15)8-16(19(21,22)23)27(17)26-14/h2-9H,1H3,(H,25,28). The van der Waals surface area contributed by atoms with Crippen LogP contribution in [0, 0.1) is 6.92 Å². The summed E-state index contributed by atoms with van der Waals surface area (Å²) in [5.41, 5.74) is -0.405. The molecule has 10 heteroatoms. The van der Waals surface area contributed by atoms with Gasteiger partial charge >= 0.3 is 6.18 Å². The highest BCUT2D eigenvalue weighted by atomic mass is 35.5. The molecule has 148 valence electrons. The average Bonchev–Trinajstić information content (AvgIpc) is 3.33. The Labute approximate surface area is 166 Å². The lowest BCUT2D eigenvalue weighted by Crippen LogP contribution is -2.16. The van der Waals surface area contributed by atoms with Gasteiger partial charge in [0, 0.05) is 16.8 Å². The zero-order chi connectivity index (χ0) is 20.8. The molecule has 0 aliphatic heterocycles. The van der Waals surface area contributed by atoms with Crippen molar-refractivity contribution in [2.24, 2.45) is 0 Å². The van der Waals surface area contributed by atoms with Crippen LogP contribution in [0.25, 0.3) is 17.1 Å². The fourth-order valence-corrected chi connectivity index (χ4v) is 2.94. The Morgan fingerprint density at radius 1 is 1.21 bits per heavy atom. The normalized spacial score (nSPS) is 11.8. The minimum Gasteiger partial charge on any atom is -0.463 e. The number of carbonyl (C=O) groups is 1. The smallest absolute Gasteiger partial charge is 0.433 e. The van der Waals surface area contributed by atoms with E-state index in [1.807, 2.05) is 0 Å². The minimum absolute atomic E-state index is 0.0210. The van der Waals surface area contributed by atoms with Crippen LogP contribution in [0.4, 0.5) is 18.9 Å². The molecule has 1 N–H and O–H groups in total. The van der Waals surface area contributed by atoms with E-state index < -0.39 is 17.8 Å². The molecule has 0 atom stereocenters. The van der Waals surface area contributed by atoms with Gasteiger partial charge in [0.25, 0.3) is 5.91 Å². The Balaban J connectivity index is 1.78. The summed E-state index contributed by atoms with van der Waals surface area (Å²) in [5, 5.41) is 6.86. The lowest BCUT2D eigenvalue weighted by molar-refractivity contribution is -0.142. The summed E-state index contributed by atoms with van der Waals surface area (Å²) in [5.74, 6) is -0.520. The SMILES string of the molecule is Cc1c(Cl)cccc1NC(=O)c1cc2nc(-c3ccco3)cc(C(F)(F)F)n2n1. The van der Waals surface area contributed by atoms with Crippen molar-refractivity contribution in [3.8, 4) is 11.5 Å². The van der Waals surface area contributed by atoms with Gasteiger partial charge in [-0.2, -0.15) is 18.3 Å². The number of fused-ring (bicyclic) bond motifs is 1. The summed E-state index contributed by atoms with van der Waals surface area (Å²) in [6.07, 6.45) is -3.39. The monoisotopic (exact) mass is 420 g/mol. The number of rotatable bonds is 3. The van der Waals surface area contributed by atoms with Crippen molar-refractivity contribution in [3.63, 3.8) is 0 Å². The first kappa shape index (κ1) is 19.0. The van der Waals surface area contributed by atoms with Gasteiger partial charge in [-0.05, 0) is 42.8 Å². The largest absolute Gasteiger partial charge is 0.463 e. The van der Waals surface area contributed by atoms with Crippen molar-refractivity contribution in [2.45, 2.75) is 13.1 Å². The molecule has 0 aliphatic rings. The Kier molecular flexibility index (Phi) is 4.54. The quantitative estimate of drug-likeness (QED) is 0.493. The average molecular weight is 421 g/mol. The number of halogens is 4. The molecule has 1 amide bonds. The van der Waals surface area contributed by atoms with Gasteiger partial charge in [-0.3, -0.25) is 4.79 Å². The van der Waals surface area contributed by atoms with E-state index in [2.05, 4.69) is 15.4 Å². The third-order valence-electron chi connectivity index (χ3n) is 4.24. The van der Waals surface area contributed by atoms with Gasteiger partial charge in [0.2, 0.25) is 0 Å². The molecule has 0 aliphatic carbocycles. The first-order valence-electron chi connectivity index (χ1n) is 8.32. The molecule has 0 saturated heterocycles. The molecule has 0 saturated carbocycles. The summed E-state index contributed by atoms with van der Waals surface area (Å²) in [4.78, 5) is 16.7. The summed E-state index contributed by atoms with van der Waals surface area (Å²) < 4.78 is 46.4. The van der Waals surface area contributed by atoms with Crippen LogP contribution in [0.15, 0.2) is 53.1 Å². The molecular weight excluding hydrogens is 409 g/mol. The predicted octanol–water partition coefficient (Wildman–Crippen LogP) is 5.22. The summed E-state index contributed by atoms with van der Waals surface area (Å²) in [6, 6.07) is 9.96. The molecule has 3 aromatic heterocycles. The first-order valence-corrected chi connectivity index (χ1v) is 8.70. The Morgan fingerprint density at radius 2 is 2.00 bits per heavy atom. The first-order chi connectivity index (χ1) is 13.7. The van der Waals surface area contributed by atoms with Crippen LogP contribution in [0.1, 0.15) is 21.7 Å².